The number of phenols is 1. The zero-order chi connectivity index (χ0) is 77.4. The van der Waals surface area contributed by atoms with Crippen LogP contribution in [-0.2, 0) is 101 Å². The van der Waals surface area contributed by atoms with Gasteiger partial charge in [0.05, 0.1) is 31.9 Å². The van der Waals surface area contributed by atoms with Crippen LogP contribution in [0.2, 0.25) is 0 Å². The van der Waals surface area contributed by atoms with Gasteiger partial charge in [0.25, 0.3) is 0 Å². The Morgan fingerprint density at radius 3 is 1.54 bits per heavy atom. The Morgan fingerprint density at radius 2 is 1.02 bits per heavy atom. The molecule has 33 heteroatoms. The van der Waals surface area contributed by atoms with Gasteiger partial charge in [-0.25, -0.2) is 4.68 Å². The number of primary amides is 1. The Hall–Kier alpha value is -10.3. The summed E-state index contributed by atoms with van der Waals surface area (Å²) in [6, 6.07) is 16.3. The van der Waals surface area contributed by atoms with Crippen molar-refractivity contribution in [3.63, 3.8) is 0 Å². The van der Waals surface area contributed by atoms with E-state index in [0.717, 1.165) is 0 Å². The largest absolute Gasteiger partial charge is 0.508 e. The smallest absolute Gasteiger partial charge is 0.246 e. The zero-order valence-corrected chi connectivity index (χ0v) is 60.2. The van der Waals surface area contributed by atoms with Crippen molar-refractivity contribution in [3.8, 4) is 5.75 Å². The molecule has 0 radical (unpaired) electrons. The monoisotopic (exact) mass is 1490 g/mol. The second-order valence-electron chi connectivity index (χ2n) is 27.8. The molecule has 3 saturated heterocycles. The van der Waals surface area contributed by atoms with E-state index in [-0.39, 0.29) is 95.0 Å². The molecule has 8 rings (SSSR count). The van der Waals surface area contributed by atoms with E-state index in [1.54, 1.807) is 105 Å². The van der Waals surface area contributed by atoms with Crippen molar-refractivity contribution in [1.82, 2.24) is 67.7 Å². The van der Waals surface area contributed by atoms with E-state index in [4.69, 9.17) is 20.9 Å². The van der Waals surface area contributed by atoms with Gasteiger partial charge in [-0.2, -0.15) is 0 Å². The van der Waals surface area contributed by atoms with Gasteiger partial charge >= 0.3 is 0 Å². The quantitative estimate of drug-likeness (QED) is 0.0310. The van der Waals surface area contributed by atoms with Crippen LogP contribution in [0.4, 0.5) is 0 Å². The third-order valence-corrected chi connectivity index (χ3v) is 18.6. The number of nitrogens with zero attached hydrogens (tertiary/aromatic N) is 4. The number of hydrogen-bond donors (Lipinski definition) is 16. The molecule has 5 aromatic rings. The Balaban J connectivity index is 1.20. The third kappa shape index (κ3) is 24.1. The molecule has 0 bridgehead atoms. The normalized spacial score (nSPS) is 26.6. The van der Waals surface area contributed by atoms with Gasteiger partial charge < -0.3 is 99.2 Å². The lowest BCUT2D eigenvalue weighted by atomic mass is 9.99. The highest BCUT2D eigenvalue weighted by atomic mass is 16.7. The maximum absolute atomic E-state index is 15.3. The predicted octanol–water partition coefficient (Wildman–Crippen LogP) is -3.00. The standard InChI is InChI=1S/C74H99N15O18/c1-41(2)32-50-65(97)84-56(36-45-20-12-7-13-21-45)73(105)89-29-15-23-57(89)71(103)83-52(34-44-18-10-6-11-19-44)67(99)79-51(33-43-16-8-5-9-17-43)66(98)82-55(38-59(76)92)69(101)81-54(37-47-39-88(87-86-47)30-31-106-74-63(95)62(94)61(93)58(40-90)107-74)68(100)80-53(35-46-24-26-48(91)27-25-46)70(102)85-60(42(3)4)72(104)77-49(22-14-28-75)64(96)78-50/h5-13,16-21,24-27,39,41-42,49-58,60-63,74,90-91,93-95H,14-15,22-23,28-38,40,75H2,1-4H3,(H2,76,92)(H,77,104)(H,78,96)(H,79,99)(H,80,100)(H,81,101)(H,82,98)(H,83,103)(H,84,97)(H,85,102)/t49-,50-,51+,52-,53-,54-,55-,56+,57-,58+,60-,61-,62-,63+,74+/m0/s1. The fourth-order valence-electron chi connectivity index (χ4n) is 12.8. The minimum absolute atomic E-state index is 0.00585. The number of aromatic hydroxyl groups is 1. The van der Waals surface area contributed by atoms with Gasteiger partial charge in [0.2, 0.25) is 65.0 Å². The first-order chi connectivity index (χ1) is 51.2. The Kier molecular flexibility index (Phi) is 30.7. The van der Waals surface area contributed by atoms with Gasteiger partial charge in [-0.1, -0.05) is 136 Å². The van der Waals surface area contributed by atoms with E-state index >= 15 is 28.8 Å². The SMILES string of the molecule is CC(C)C[C@@H]1NC(=O)[C@H](CCCN)NC(=O)[C@H](C(C)C)NC(=O)[C@H](Cc2ccc(O)cc2)NC(=O)[C@H](Cc2cn(CCO[C@@H]3O[C@H](CO)[C@H](O)[C@H](O)[C@H]3O)nn2)NC(=O)[C@H](CC(N)=O)NC(=O)[C@@H](Cc2ccccc2)NC(=O)[C@H](Cc2ccccc2)NC(=O)[C@@H]2CCCN2C(=O)[C@@H](Cc2ccccc2)NC1=O. The molecule has 3 fully saturated rings. The summed E-state index contributed by atoms with van der Waals surface area (Å²) in [7, 11) is 0. The fraction of sp³-hybridized carbons (Fsp3) is 0.500. The van der Waals surface area contributed by atoms with Crippen molar-refractivity contribution in [2.45, 2.75) is 196 Å². The molecule has 15 atom stereocenters. The van der Waals surface area contributed by atoms with Gasteiger partial charge in [0, 0.05) is 44.8 Å². The minimum Gasteiger partial charge on any atom is -0.508 e. The molecule has 4 aromatic carbocycles. The summed E-state index contributed by atoms with van der Waals surface area (Å²) in [6.45, 7) is 5.83. The number of aliphatic hydroxyl groups is 4. The summed E-state index contributed by atoms with van der Waals surface area (Å²) < 4.78 is 12.3. The summed E-state index contributed by atoms with van der Waals surface area (Å²) in [4.78, 5) is 165. The molecular weight excluding hydrogens is 1390 g/mol. The summed E-state index contributed by atoms with van der Waals surface area (Å²) in [5, 5.41) is 84.0. The number of aliphatic hydroxyl groups excluding tert-OH is 4. The number of hydrogen-bond acceptors (Lipinski definition) is 21. The molecule has 1 aromatic heterocycles. The molecule has 0 saturated carbocycles. The number of aromatic nitrogens is 3. The number of carbonyl (C=O) groups is 11. The summed E-state index contributed by atoms with van der Waals surface area (Å²) in [6.07, 6.45) is -8.20. The molecule has 4 heterocycles. The highest BCUT2D eigenvalue weighted by Gasteiger charge is 2.45. The minimum atomic E-state index is -1.92. The summed E-state index contributed by atoms with van der Waals surface area (Å²) >= 11 is 0. The Morgan fingerprint density at radius 1 is 0.561 bits per heavy atom. The third-order valence-electron chi connectivity index (χ3n) is 18.6. The molecule has 578 valence electrons. The van der Waals surface area contributed by atoms with Gasteiger partial charge in [-0.05, 0) is 84.9 Å². The van der Waals surface area contributed by atoms with E-state index in [0.29, 0.717) is 28.7 Å². The van der Waals surface area contributed by atoms with Crippen LogP contribution in [0.3, 0.4) is 0 Å². The molecular formula is C74H99N15O18. The van der Waals surface area contributed by atoms with Crippen molar-refractivity contribution < 1.29 is 87.7 Å². The molecule has 0 unspecified atom stereocenters. The van der Waals surface area contributed by atoms with Crippen molar-refractivity contribution in [2.75, 3.05) is 26.3 Å². The Bertz CT molecular complexity index is 3820. The van der Waals surface area contributed by atoms with Crippen LogP contribution in [0.15, 0.2) is 121 Å². The molecule has 11 amide bonds. The zero-order valence-electron chi connectivity index (χ0n) is 60.2. The van der Waals surface area contributed by atoms with Gasteiger partial charge in [-0.3, -0.25) is 52.7 Å². The lowest BCUT2D eigenvalue weighted by Crippen LogP contribution is -2.62. The van der Waals surface area contributed by atoms with Crippen LogP contribution in [-0.4, -0.2) is 228 Å². The van der Waals surface area contributed by atoms with Crippen LogP contribution in [0, 0.1) is 11.8 Å². The summed E-state index contributed by atoms with van der Waals surface area (Å²) in [5.41, 5.74) is 13.8. The van der Waals surface area contributed by atoms with E-state index in [9.17, 15) is 49.5 Å². The van der Waals surface area contributed by atoms with Crippen molar-refractivity contribution in [1.29, 1.82) is 0 Å². The van der Waals surface area contributed by atoms with Gasteiger partial charge in [0.1, 0.15) is 90.6 Å². The highest BCUT2D eigenvalue weighted by molar-refractivity contribution is 6.00. The number of fused-ring (bicyclic) bond motifs is 1. The van der Waals surface area contributed by atoms with Gasteiger partial charge in [-0.15, -0.1) is 5.10 Å². The number of nitrogens with two attached hydrogens (primary N) is 2. The second kappa shape index (κ2) is 39.9. The van der Waals surface area contributed by atoms with E-state index in [1.165, 1.54) is 40.0 Å². The van der Waals surface area contributed by atoms with E-state index in [1.807, 2.05) is 13.8 Å². The lowest BCUT2D eigenvalue weighted by molar-refractivity contribution is -0.301. The molecule has 3 aliphatic rings. The average molecular weight is 1490 g/mol. The molecule has 0 aliphatic carbocycles. The van der Waals surface area contributed by atoms with Gasteiger partial charge in [0.15, 0.2) is 6.29 Å². The van der Waals surface area contributed by atoms with Crippen LogP contribution in [0.25, 0.3) is 0 Å². The average Bonchev–Trinajstić information content (AvgIpc) is 1.78. The number of carbonyl (C=O) groups excluding carboxylic acids is 11. The number of nitrogens with one attached hydrogen (secondary N) is 9. The van der Waals surface area contributed by atoms with Crippen LogP contribution in [0.5, 0.6) is 5.75 Å². The van der Waals surface area contributed by atoms with E-state index < -0.39 is 181 Å². The maximum atomic E-state index is 15.3. The number of amides is 11. The van der Waals surface area contributed by atoms with E-state index in [2.05, 4.69) is 58.2 Å². The fourth-order valence-corrected chi connectivity index (χ4v) is 12.8. The second-order valence-corrected chi connectivity index (χ2v) is 27.8. The first-order valence-electron chi connectivity index (χ1n) is 35.9. The molecule has 18 N–H and O–H groups in total. The number of benzene rings is 4. The molecule has 33 nitrogen and oxygen atoms in total. The number of rotatable bonds is 23. The topological polar surface area (TPSA) is 502 Å². The van der Waals surface area contributed by atoms with Crippen molar-refractivity contribution in [3.05, 3.63) is 149 Å². The Labute approximate surface area is 618 Å². The highest BCUT2D eigenvalue weighted by Crippen LogP contribution is 2.24. The van der Waals surface area contributed by atoms with Crippen LogP contribution in [0.1, 0.15) is 94.2 Å². The van der Waals surface area contributed by atoms with Crippen molar-refractivity contribution in [2.24, 2.45) is 23.3 Å². The first kappa shape index (κ1) is 82.4. The molecule has 0 spiro atoms. The first-order valence-corrected chi connectivity index (χ1v) is 35.9. The number of ether oxygens (including phenoxy) is 2. The predicted molar refractivity (Wildman–Crippen MR) is 384 cm³/mol. The number of phenolic OH excluding ortho intramolecular Hbond substituents is 1. The molecule has 107 heavy (non-hydrogen) atoms. The maximum Gasteiger partial charge on any atom is 0.246 e. The van der Waals surface area contributed by atoms with Crippen LogP contribution < -0.4 is 59.3 Å². The van der Waals surface area contributed by atoms with Crippen molar-refractivity contribution >= 4 is 65.0 Å². The molecule has 3 aliphatic heterocycles. The summed E-state index contributed by atoms with van der Waals surface area (Å²) in [5.74, 6) is -11.3. The van der Waals surface area contributed by atoms with Crippen LogP contribution >= 0.6 is 0 Å². The lowest BCUT2D eigenvalue weighted by Gasteiger charge is -2.39.